The van der Waals surface area contributed by atoms with Crippen molar-refractivity contribution >= 4 is 17.3 Å². The molecule has 0 radical (unpaired) electrons. The van der Waals surface area contributed by atoms with Crippen molar-refractivity contribution in [3.63, 3.8) is 0 Å². The fraction of sp³-hybridized carbons (Fsp3) is 0.923. The minimum Gasteiger partial charge on any atom is -0.363 e. The van der Waals surface area contributed by atoms with Crippen LogP contribution in [0.4, 0.5) is 0 Å². The molecule has 0 spiro atoms. The zero-order valence-corrected chi connectivity index (χ0v) is 11.6. The van der Waals surface area contributed by atoms with Gasteiger partial charge in [-0.2, -0.15) is 0 Å². The van der Waals surface area contributed by atoms with Gasteiger partial charge in [0.25, 0.3) is 0 Å². The van der Waals surface area contributed by atoms with Crippen molar-refractivity contribution < 1.29 is 0 Å². The van der Waals surface area contributed by atoms with Crippen LogP contribution in [0.25, 0.3) is 0 Å². The topological polar surface area (TPSA) is 15.3 Å². The molecular weight excluding hydrogens is 216 g/mol. The lowest BCUT2D eigenvalue weighted by Crippen LogP contribution is -2.46. The molecule has 1 aliphatic rings. The van der Waals surface area contributed by atoms with E-state index in [0.717, 1.165) is 18.2 Å². The van der Waals surface area contributed by atoms with Gasteiger partial charge >= 0.3 is 0 Å². The lowest BCUT2D eigenvalue weighted by Gasteiger charge is -2.35. The molecule has 0 aromatic heterocycles. The third kappa shape index (κ3) is 4.28. The van der Waals surface area contributed by atoms with Crippen LogP contribution in [0.5, 0.6) is 0 Å². The van der Waals surface area contributed by atoms with Crippen LogP contribution in [0.1, 0.15) is 58.8 Å². The Balaban J connectivity index is 2.35. The third-order valence-corrected chi connectivity index (χ3v) is 3.80. The quantitative estimate of drug-likeness (QED) is 0.588. The summed E-state index contributed by atoms with van der Waals surface area (Å²) in [5.41, 5.74) is 0. The number of hydrogen-bond donors (Lipinski definition) is 1. The number of hydrogen-bond acceptors (Lipinski definition) is 1. The predicted octanol–water partition coefficient (Wildman–Crippen LogP) is 3.32. The molecule has 0 unspecified atom stereocenters. The molecular formula is C13H26N2S. The molecule has 16 heavy (non-hydrogen) atoms. The molecule has 1 fully saturated rings. The highest BCUT2D eigenvalue weighted by atomic mass is 32.1. The van der Waals surface area contributed by atoms with Crippen LogP contribution in [0.2, 0.25) is 0 Å². The Bertz CT molecular complexity index is 200. The molecule has 1 rings (SSSR count). The standard InChI is InChI=1S/C13H26N2S/c1-3-5-11-14-13(16)15(4-2)12-9-7-6-8-10-12/h12H,3-11H2,1-2H3,(H,14,16). The zero-order chi connectivity index (χ0) is 11.8. The second-order valence-electron chi connectivity index (χ2n) is 4.66. The first-order valence-corrected chi connectivity index (χ1v) is 7.24. The Morgan fingerprint density at radius 2 is 1.94 bits per heavy atom. The van der Waals surface area contributed by atoms with Gasteiger partial charge in [-0.3, -0.25) is 0 Å². The first kappa shape index (κ1) is 13.8. The fourth-order valence-corrected chi connectivity index (χ4v) is 2.81. The predicted molar refractivity (Wildman–Crippen MR) is 74.8 cm³/mol. The van der Waals surface area contributed by atoms with Crippen LogP contribution in [0, 0.1) is 0 Å². The number of rotatable bonds is 5. The molecule has 0 aromatic carbocycles. The molecule has 0 aliphatic heterocycles. The molecule has 0 amide bonds. The summed E-state index contributed by atoms with van der Waals surface area (Å²) >= 11 is 5.48. The molecule has 0 heterocycles. The average Bonchev–Trinajstić information content (AvgIpc) is 2.32. The third-order valence-electron chi connectivity index (χ3n) is 3.42. The molecule has 1 aliphatic carbocycles. The summed E-state index contributed by atoms with van der Waals surface area (Å²) in [5.74, 6) is 0. The zero-order valence-electron chi connectivity index (χ0n) is 10.8. The largest absolute Gasteiger partial charge is 0.363 e. The maximum atomic E-state index is 5.48. The van der Waals surface area contributed by atoms with Gasteiger partial charge in [0.1, 0.15) is 0 Å². The lowest BCUT2D eigenvalue weighted by atomic mass is 9.94. The van der Waals surface area contributed by atoms with E-state index in [1.807, 2.05) is 0 Å². The summed E-state index contributed by atoms with van der Waals surface area (Å²) in [5, 5.41) is 4.36. The highest BCUT2D eigenvalue weighted by Crippen LogP contribution is 2.22. The maximum Gasteiger partial charge on any atom is 0.169 e. The monoisotopic (exact) mass is 242 g/mol. The van der Waals surface area contributed by atoms with Crippen LogP contribution in [-0.2, 0) is 0 Å². The van der Waals surface area contributed by atoms with E-state index in [0.29, 0.717) is 6.04 Å². The molecule has 0 saturated heterocycles. The van der Waals surface area contributed by atoms with Crippen molar-refractivity contribution in [2.75, 3.05) is 13.1 Å². The van der Waals surface area contributed by atoms with Gasteiger partial charge in [0.2, 0.25) is 0 Å². The highest BCUT2D eigenvalue weighted by Gasteiger charge is 2.21. The van der Waals surface area contributed by atoms with E-state index < -0.39 is 0 Å². The minimum atomic E-state index is 0.695. The van der Waals surface area contributed by atoms with Crippen molar-refractivity contribution in [3.8, 4) is 0 Å². The van der Waals surface area contributed by atoms with E-state index in [1.165, 1.54) is 44.9 Å². The molecule has 1 N–H and O–H groups in total. The maximum absolute atomic E-state index is 5.48. The number of thiocarbonyl (C=S) groups is 1. The van der Waals surface area contributed by atoms with E-state index in [1.54, 1.807) is 0 Å². The van der Waals surface area contributed by atoms with Crippen LogP contribution >= 0.6 is 12.2 Å². The molecule has 0 atom stereocenters. The Kier molecular flexibility index (Phi) is 6.78. The van der Waals surface area contributed by atoms with Gasteiger partial charge in [-0.15, -0.1) is 0 Å². The van der Waals surface area contributed by atoms with E-state index in [2.05, 4.69) is 24.1 Å². The highest BCUT2D eigenvalue weighted by molar-refractivity contribution is 7.80. The second kappa shape index (κ2) is 7.88. The lowest BCUT2D eigenvalue weighted by molar-refractivity contribution is 0.249. The Labute approximate surface area is 106 Å². The number of unbranched alkanes of at least 4 members (excludes halogenated alkanes) is 1. The van der Waals surface area contributed by atoms with Gasteiger partial charge in [0.05, 0.1) is 0 Å². The van der Waals surface area contributed by atoms with Gasteiger partial charge in [0, 0.05) is 19.1 Å². The molecule has 3 heteroatoms. The van der Waals surface area contributed by atoms with Crippen molar-refractivity contribution in [2.24, 2.45) is 0 Å². The van der Waals surface area contributed by atoms with Crippen LogP contribution < -0.4 is 5.32 Å². The summed E-state index contributed by atoms with van der Waals surface area (Å²) in [6.45, 7) is 6.49. The smallest absolute Gasteiger partial charge is 0.169 e. The first-order valence-electron chi connectivity index (χ1n) is 6.84. The second-order valence-corrected chi connectivity index (χ2v) is 5.05. The SMILES string of the molecule is CCCCNC(=S)N(CC)C1CCCCC1. The van der Waals surface area contributed by atoms with Crippen molar-refractivity contribution in [1.29, 1.82) is 0 Å². The number of nitrogens with one attached hydrogen (secondary N) is 1. The first-order chi connectivity index (χ1) is 7.79. The average molecular weight is 242 g/mol. The summed E-state index contributed by atoms with van der Waals surface area (Å²) in [7, 11) is 0. The molecule has 0 bridgehead atoms. The Morgan fingerprint density at radius 3 is 2.50 bits per heavy atom. The molecule has 2 nitrogen and oxygen atoms in total. The summed E-state index contributed by atoms with van der Waals surface area (Å²) in [6.07, 6.45) is 9.24. The van der Waals surface area contributed by atoms with Gasteiger partial charge in [-0.25, -0.2) is 0 Å². The van der Waals surface area contributed by atoms with E-state index in [-0.39, 0.29) is 0 Å². The van der Waals surface area contributed by atoms with Crippen molar-refractivity contribution in [1.82, 2.24) is 10.2 Å². The fourth-order valence-electron chi connectivity index (χ4n) is 2.43. The van der Waals surface area contributed by atoms with Gasteiger partial charge in [-0.05, 0) is 38.4 Å². The summed E-state index contributed by atoms with van der Waals surface area (Å²) in [4.78, 5) is 2.39. The normalized spacial score (nSPS) is 17.1. The van der Waals surface area contributed by atoms with Gasteiger partial charge < -0.3 is 10.2 Å². The Morgan fingerprint density at radius 1 is 1.25 bits per heavy atom. The van der Waals surface area contributed by atoms with Gasteiger partial charge in [-0.1, -0.05) is 32.6 Å². The van der Waals surface area contributed by atoms with Crippen LogP contribution in [0.3, 0.4) is 0 Å². The number of nitrogens with zero attached hydrogens (tertiary/aromatic N) is 1. The van der Waals surface area contributed by atoms with Crippen LogP contribution in [-0.4, -0.2) is 29.1 Å². The molecule has 0 aromatic rings. The van der Waals surface area contributed by atoms with E-state index in [4.69, 9.17) is 12.2 Å². The van der Waals surface area contributed by atoms with E-state index >= 15 is 0 Å². The van der Waals surface area contributed by atoms with E-state index in [9.17, 15) is 0 Å². The van der Waals surface area contributed by atoms with Crippen molar-refractivity contribution in [3.05, 3.63) is 0 Å². The molecule has 1 saturated carbocycles. The Hall–Kier alpha value is -0.310. The van der Waals surface area contributed by atoms with Crippen molar-refractivity contribution in [2.45, 2.75) is 64.8 Å². The summed E-state index contributed by atoms with van der Waals surface area (Å²) < 4.78 is 0. The molecule has 94 valence electrons. The van der Waals surface area contributed by atoms with Crippen LogP contribution in [0.15, 0.2) is 0 Å². The van der Waals surface area contributed by atoms with Gasteiger partial charge in [0.15, 0.2) is 5.11 Å². The summed E-state index contributed by atoms with van der Waals surface area (Å²) in [6, 6.07) is 0.695. The minimum absolute atomic E-state index is 0.695.